The van der Waals surface area contributed by atoms with Crippen LogP contribution in [0.4, 0.5) is 5.69 Å². The van der Waals surface area contributed by atoms with E-state index in [1.165, 1.54) is 11.8 Å². The number of nitro benzene ring substituents is 1. The molecule has 110 valence electrons. The summed E-state index contributed by atoms with van der Waals surface area (Å²) >= 11 is 1.98. The number of nitrogens with one attached hydrogen (secondary N) is 1. The van der Waals surface area contributed by atoms with Crippen LogP contribution in [0.1, 0.15) is 38.8 Å². The van der Waals surface area contributed by atoms with Gasteiger partial charge >= 0.3 is 0 Å². The fourth-order valence-electron chi connectivity index (χ4n) is 2.73. The third-order valence-corrected chi connectivity index (χ3v) is 5.30. The fourth-order valence-corrected chi connectivity index (χ4v) is 4.01. The molecule has 0 aliphatic carbocycles. The highest BCUT2D eigenvalue weighted by molar-refractivity contribution is 7.99. The Bertz CT molecular complexity index is 491. The number of nitrogens with zero attached hydrogens (tertiary/aromatic N) is 1. The van der Waals surface area contributed by atoms with Gasteiger partial charge < -0.3 is 5.32 Å². The van der Waals surface area contributed by atoms with Crippen LogP contribution in [-0.4, -0.2) is 22.5 Å². The van der Waals surface area contributed by atoms with E-state index in [0.717, 1.165) is 17.7 Å². The van der Waals surface area contributed by atoms with Crippen LogP contribution in [0.2, 0.25) is 0 Å². The molecular formula is C15H22N2O2S. The van der Waals surface area contributed by atoms with Gasteiger partial charge in [0.25, 0.3) is 5.69 Å². The van der Waals surface area contributed by atoms with Gasteiger partial charge in [0.05, 0.1) is 4.92 Å². The number of benzene rings is 1. The summed E-state index contributed by atoms with van der Waals surface area (Å²) in [6, 6.07) is 7.51. The van der Waals surface area contributed by atoms with Gasteiger partial charge in [-0.25, -0.2) is 0 Å². The molecule has 1 saturated heterocycles. The average Bonchev–Trinajstić information content (AvgIpc) is 2.37. The van der Waals surface area contributed by atoms with Gasteiger partial charge in [0.15, 0.2) is 0 Å². The summed E-state index contributed by atoms with van der Waals surface area (Å²) in [6.45, 7) is 6.67. The van der Waals surface area contributed by atoms with E-state index in [1.807, 2.05) is 17.8 Å². The van der Waals surface area contributed by atoms with Crippen molar-refractivity contribution in [3.05, 3.63) is 39.9 Å². The van der Waals surface area contributed by atoms with Crippen LogP contribution < -0.4 is 5.32 Å². The first-order valence-corrected chi connectivity index (χ1v) is 8.11. The van der Waals surface area contributed by atoms with Gasteiger partial charge in [-0.2, -0.15) is 11.8 Å². The van der Waals surface area contributed by atoms with E-state index in [2.05, 4.69) is 26.1 Å². The molecule has 4 nitrogen and oxygen atoms in total. The number of hydrogen-bond acceptors (Lipinski definition) is 4. The fraction of sp³-hybridized carbons (Fsp3) is 0.600. The summed E-state index contributed by atoms with van der Waals surface area (Å²) in [5.41, 5.74) is 1.50. The highest BCUT2D eigenvalue weighted by atomic mass is 32.2. The predicted octanol–water partition coefficient (Wildman–Crippen LogP) is 3.78. The Morgan fingerprint density at radius 1 is 1.50 bits per heavy atom. The average molecular weight is 294 g/mol. The van der Waals surface area contributed by atoms with Crippen LogP contribution in [0.3, 0.4) is 0 Å². The van der Waals surface area contributed by atoms with Gasteiger partial charge in [-0.1, -0.05) is 26.0 Å². The van der Waals surface area contributed by atoms with E-state index in [1.54, 1.807) is 12.1 Å². The zero-order chi connectivity index (χ0) is 14.8. The minimum Gasteiger partial charge on any atom is -0.307 e. The summed E-state index contributed by atoms with van der Waals surface area (Å²) in [6.07, 6.45) is 1.15. The van der Waals surface area contributed by atoms with Crippen molar-refractivity contribution in [1.29, 1.82) is 0 Å². The van der Waals surface area contributed by atoms with E-state index < -0.39 is 0 Å². The highest BCUT2D eigenvalue weighted by Crippen LogP contribution is 2.34. The Morgan fingerprint density at radius 2 is 2.25 bits per heavy atom. The molecule has 2 atom stereocenters. The van der Waals surface area contributed by atoms with Crippen LogP contribution in [0.5, 0.6) is 0 Å². The van der Waals surface area contributed by atoms with Crippen LogP contribution in [0.25, 0.3) is 0 Å². The van der Waals surface area contributed by atoms with E-state index in [-0.39, 0.29) is 16.7 Å². The normalized spacial score (nSPS) is 23.2. The van der Waals surface area contributed by atoms with Crippen molar-refractivity contribution >= 4 is 17.4 Å². The molecular weight excluding hydrogens is 272 g/mol. The van der Waals surface area contributed by atoms with Crippen molar-refractivity contribution in [2.45, 2.75) is 39.3 Å². The maximum Gasteiger partial charge on any atom is 0.269 e. The van der Waals surface area contributed by atoms with Crippen molar-refractivity contribution in [2.75, 3.05) is 11.5 Å². The molecule has 2 unspecified atom stereocenters. The Morgan fingerprint density at radius 3 is 2.90 bits per heavy atom. The van der Waals surface area contributed by atoms with Gasteiger partial charge in [-0.05, 0) is 30.1 Å². The third kappa shape index (κ3) is 3.96. The van der Waals surface area contributed by atoms with Crippen molar-refractivity contribution in [1.82, 2.24) is 5.32 Å². The number of non-ortho nitro benzene ring substituents is 1. The van der Waals surface area contributed by atoms with Crippen LogP contribution in [0.15, 0.2) is 24.3 Å². The summed E-state index contributed by atoms with van der Waals surface area (Å²) < 4.78 is 0. The second-order valence-electron chi connectivity index (χ2n) is 6.32. The summed E-state index contributed by atoms with van der Waals surface area (Å²) in [4.78, 5) is 10.5. The van der Waals surface area contributed by atoms with Crippen LogP contribution in [0, 0.1) is 15.5 Å². The molecule has 1 aliphatic heterocycles. The Hall–Kier alpha value is -1.07. The van der Waals surface area contributed by atoms with Gasteiger partial charge in [0.1, 0.15) is 0 Å². The number of thioether (sulfide) groups is 1. The first-order chi connectivity index (χ1) is 9.37. The van der Waals surface area contributed by atoms with Gasteiger partial charge in [0, 0.05) is 30.0 Å². The Balaban J connectivity index is 2.02. The molecule has 1 aliphatic rings. The smallest absolute Gasteiger partial charge is 0.269 e. The van der Waals surface area contributed by atoms with Crippen molar-refractivity contribution in [3.8, 4) is 0 Å². The first-order valence-electron chi connectivity index (χ1n) is 6.95. The standard InChI is InChI=1S/C15H22N2O2S/c1-11(12-5-4-6-14(7-12)17(18)19)16-13-8-15(2,3)10-20-9-13/h4-7,11,13,16H,8-10H2,1-3H3. The molecule has 2 rings (SSSR count). The molecule has 1 heterocycles. The number of hydrogen-bond donors (Lipinski definition) is 1. The topological polar surface area (TPSA) is 55.2 Å². The van der Waals surface area contributed by atoms with E-state index in [0.29, 0.717) is 11.5 Å². The van der Waals surface area contributed by atoms with Crippen molar-refractivity contribution in [2.24, 2.45) is 5.41 Å². The largest absolute Gasteiger partial charge is 0.307 e. The van der Waals surface area contributed by atoms with E-state index >= 15 is 0 Å². The zero-order valence-electron chi connectivity index (χ0n) is 12.3. The lowest BCUT2D eigenvalue weighted by Gasteiger charge is -2.36. The molecule has 1 fully saturated rings. The SMILES string of the molecule is CC(NC1CSCC(C)(C)C1)c1cccc([N+](=O)[O-])c1. The van der Waals surface area contributed by atoms with Gasteiger partial charge in [-0.3, -0.25) is 10.1 Å². The van der Waals surface area contributed by atoms with Crippen molar-refractivity contribution < 1.29 is 4.92 Å². The summed E-state index contributed by atoms with van der Waals surface area (Å²) in [7, 11) is 0. The van der Waals surface area contributed by atoms with Crippen LogP contribution in [-0.2, 0) is 0 Å². The number of rotatable bonds is 4. The van der Waals surface area contributed by atoms with Crippen LogP contribution >= 0.6 is 11.8 Å². The lowest BCUT2D eigenvalue weighted by atomic mass is 9.87. The molecule has 0 bridgehead atoms. The second kappa shape index (κ2) is 6.14. The molecule has 0 aromatic heterocycles. The first kappa shape index (κ1) is 15.3. The maximum atomic E-state index is 10.8. The molecule has 20 heavy (non-hydrogen) atoms. The summed E-state index contributed by atoms with van der Waals surface area (Å²) in [5, 5.41) is 14.4. The number of nitro groups is 1. The molecule has 1 aromatic carbocycles. The lowest BCUT2D eigenvalue weighted by Crippen LogP contribution is -2.41. The predicted molar refractivity (Wildman–Crippen MR) is 84.2 cm³/mol. The Labute approximate surface area is 124 Å². The van der Waals surface area contributed by atoms with Gasteiger partial charge in [0.2, 0.25) is 0 Å². The molecule has 1 N–H and O–H groups in total. The molecule has 0 amide bonds. The quantitative estimate of drug-likeness (QED) is 0.678. The zero-order valence-corrected chi connectivity index (χ0v) is 13.1. The minimum atomic E-state index is -0.338. The van der Waals surface area contributed by atoms with Crippen molar-refractivity contribution in [3.63, 3.8) is 0 Å². The summed E-state index contributed by atoms with van der Waals surface area (Å²) in [5.74, 6) is 2.32. The molecule has 1 aromatic rings. The third-order valence-electron chi connectivity index (χ3n) is 3.68. The van der Waals surface area contributed by atoms with E-state index in [4.69, 9.17) is 0 Å². The molecule has 5 heteroatoms. The Kier molecular flexibility index (Phi) is 4.70. The second-order valence-corrected chi connectivity index (χ2v) is 7.35. The molecule has 0 radical (unpaired) electrons. The maximum absolute atomic E-state index is 10.8. The molecule has 0 spiro atoms. The highest BCUT2D eigenvalue weighted by Gasteiger charge is 2.29. The van der Waals surface area contributed by atoms with Gasteiger partial charge in [-0.15, -0.1) is 0 Å². The monoisotopic (exact) mass is 294 g/mol. The lowest BCUT2D eigenvalue weighted by molar-refractivity contribution is -0.384. The van der Waals surface area contributed by atoms with E-state index in [9.17, 15) is 10.1 Å². The molecule has 0 saturated carbocycles. The minimum absolute atomic E-state index is 0.134.